The van der Waals surface area contributed by atoms with Crippen molar-refractivity contribution in [3.05, 3.63) is 109 Å². The van der Waals surface area contributed by atoms with Crippen LogP contribution >= 0.6 is 11.3 Å². The van der Waals surface area contributed by atoms with Gasteiger partial charge in [-0.15, -0.1) is 0 Å². The van der Waals surface area contributed by atoms with E-state index in [1.165, 1.54) is 28.0 Å². The number of hydrogen-bond donors (Lipinski definition) is 0. The molecule has 0 bridgehead atoms. The van der Waals surface area contributed by atoms with Gasteiger partial charge in [0.15, 0.2) is 4.80 Å². The Morgan fingerprint density at radius 3 is 2.56 bits per heavy atom. The maximum absolute atomic E-state index is 13.5. The molecule has 0 saturated heterocycles. The highest BCUT2D eigenvalue weighted by molar-refractivity contribution is 7.07. The van der Waals surface area contributed by atoms with Gasteiger partial charge in [0.1, 0.15) is 18.2 Å². The van der Waals surface area contributed by atoms with Gasteiger partial charge >= 0.3 is 5.97 Å². The Bertz CT molecular complexity index is 1430. The number of nitrogens with zero attached hydrogens (tertiary/aromatic N) is 2. The Hall–Kier alpha value is -3.78. The van der Waals surface area contributed by atoms with Gasteiger partial charge in [-0.3, -0.25) is 9.36 Å². The van der Waals surface area contributed by atoms with Crippen LogP contribution in [0.4, 0.5) is 4.39 Å². The monoisotopic (exact) mass is 478 g/mol. The topological polar surface area (TPSA) is 69.9 Å². The largest absolute Gasteiger partial charge is 0.490 e. The number of halogens is 1. The number of aromatic nitrogens is 1. The van der Waals surface area contributed by atoms with Crippen LogP contribution in [0.5, 0.6) is 5.75 Å². The lowest BCUT2D eigenvalue weighted by molar-refractivity contribution is -0.139. The summed E-state index contributed by atoms with van der Waals surface area (Å²) in [6, 6.07) is 12.4. The zero-order valence-corrected chi connectivity index (χ0v) is 19.6. The highest BCUT2D eigenvalue weighted by Crippen LogP contribution is 2.31. The maximum Gasteiger partial charge on any atom is 0.338 e. The van der Waals surface area contributed by atoms with E-state index in [0.29, 0.717) is 38.5 Å². The number of benzene rings is 2. The van der Waals surface area contributed by atoms with Gasteiger partial charge in [0.25, 0.3) is 5.56 Å². The molecule has 4 rings (SSSR count). The van der Waals surface area contributed by atoms with E-state index in [2.05, 4.69) is 11.6 Å². The molecule has 174 valence electrons. The SMILES string of the molecule is C=CCOc1ccc(C2C(C(=O)OCC)=C(C)N=c3sc(=Cc4ccc(F)cc4)c(=O)n32)cc1. The van der Waals surface area contributed by atoms with Crippen LogP contribution in [0.25, 0.3) is 6.08 Å². The summed E-state index contributed by atoms with van der Waals surface area (Å²) < 4.78 is 26.1. The van der Waals surface area contributed by atoms with Crippen molar-refractivity contribution in [3.63, 3.8) is 0 Å². The van der Waals surface area contributed by atoms with Crippen molar-refractivity contribution in [2.45, 2.75) is 19.9 Å². The highest BCUT2D eigenvalue weighted by atomic mass is 32.1. The van der Waals surface area contributed by atoms with Crippen molar-refractivity contribution < 1.29 is 18.7 Å². The minimum absolute atomic E-state index is 0.200. The number of carbonyl (C=O) groups is 1. The fraction of sp³-hybridized carbons (Fsp3) is 0.192. The normalized spacial score (nSPS) is 15.5. The third kappa shape index (κ3) is 4.63. The second-order valence-corrected chi connectivity index (χ2v) is 8.53. The minimum Gasteiger partial charge on any atom is -0.490 e. The average molecular weight is 479 g/mol. The lowest BCUT2D eigenvalue weighted by Gasteiger charge is -2.24. The van der Waals surface area contributed by atoms with Gasteiger partial charge in [0.05, 0.1) is 28.5 Å². The Kier molecular flexibility index (Phi) is 6.88. The standard InChI is InChI=1S/C26H23FN2O4S/c1-4-14-33-20-12-8-18(9-13-20)23-22(25(31)32-5-2)16(3)28-26-29(23)24(30)21(34-26)15-17-6-10-19(27)11-7-17/h4,6-13,15,23H,1,5,14H2,2-3H3. The predicted octanol–water partition coefficient (Wildman–Crippen LogP) is 3.50. The van der Waals surface area contributed by atoms with E-state index in [1.54, 1.807) is 50.3 Å². The van der Waals surface area contributed by atoms with Crippen LogP contribution in [-0.4, -0.2) is 23.8 Å². The quantitative estimate of drug-likeness (QED) is 0.385. The summed E-state index contributed by atoms with van der Waals surface area (Å²) >= 11 is 1.22. The van der Waals surface area contributed by atoms with Gasteiger partial charge in [-0.2, -0.15) is 0 Å². The number of ether oxygens (including phenoxy) is 2. The molecule has 1 atom stereocenters. The number of esters is 1. The van der Waals surface area contributed by atoms with Crippen LogP contribution in [0, 0.1) is 5.82 Å². The van der Waals surface area contributed by atoms with Crippen LogP contribution in [0.1, 0.15) is 31.0 Å². The Morgan fingerprint density at radius 1 is 1.21 bits per heavy atom. The summed E-state index contributed by atoms with van der Waals surface area (Å²) in [5, 5.41) is 0. The van der Waals surface area contributed by atoms with Gasteiger partial charge in [0.2, 0.25) is 0 Å². The van der Waals surface area contributed by atoms with Crippen LogP contribution < -0.4 is 19.6 Å². The summed E-state index contributed by atoms with van der Waals surface area (Å²) in [7, 11) is 0. The Labute approximate surface area is 199 Å². The highest BCUT2D eigenvalue weighted by Gasteiger charge is 2.33. The summed E-state index contributed by atoms with van der Waals surface area (Å²) in [5.41, 5.74) is 1.91. The van der Waals surface area contributed by atoms with E-state index >= 15 is 0 Å². The molecule has 1 aromatic heterocycles. The lowest BCUT2D eigenvalue weighted by atomic mass is 9.96. The fourth-order valence-corrected chi connectivity index (χ4v) is 4.77. The van der Waals surface area contributed by atoms with E-state index in [1.807, 2.05) is 12.1 Å². The van der Waals surface area contributed by atoms with Crippen molar-refractivity contribution in [1.82, 2.24) is 4.57 Å². The number of hydrogen-bond acceptors (Lipinski definition) is 6. The molecule has 1 unspecified atom stereocenters. The van der Waals surface area contributed by atoms with Gasteiger partial charge in [-0.05, 0) is 55.3 Å². The van der Waals surface area contributed by atoms with Gasteiger partial charge in [-0.1, -0.05) is 48.3 Å². The second-order valence-electron chi connectivity index (χ2n) is 7.52. The number of allylic oxidation sites excluding steroid dienone is 1. The molecule has 0 radical (unpaired) electrons. The molecule has 3 aromatic rings. The minimum atomic E-state index is -0.709. The van der Waals surface area contributed by atoms with Crippen molar-refractivity contribution in [1.29, 1.82) is 0 Å². The third-order valence-electron chi connectivity index (χ3n) is 5.25. The first-order valence-corrected chi connectivity index (χ1v) is 11.5. The van der Waals surface area contributed by atoms with Gasteiger partial charge < -0.3 is 9.47 Å². The van der Waals surface area contributed by atoms with Crippen LogP contribution in [-0.2, 0) is 9.53 Å². The molecular formula is C26H23FN2O4S. The van der Waals surface area contributed by atoms with E-state index in [9.17, 15) is 14.0 Å². The Balaban J connectivity index is 1.88. The molecule has 0 N–H and O–H groups in total. The average Bonchev–Trinajstić information content (AvgIpc) is 3.13. The van der Waals surface area contributed by atoms with Crippen molar-refractivity contribution in [3.8, 4) is 5.75 Å². The van der Waals surface area contributed by atoms with Crippen LogP contribution in [0.2, 0.25) is 0 Å². The number of thiazole rings is 1. The molecule has 1 aliphatic rings. The Morgan fingerprint density at radius 2 is 1.91 bits per heavy atom. The molecule has 2 heterocycles. The van der Waals surface area contributed by atoms with Crippen molar-refractivity contribution in [2.24, 2.45) is 4.99 Å². The maximum atomic E-state index is 13.5. The first-order valence-electron chi connectivity index (χ1n) is 10.7. The zero-order chi connectivity index (χ0) is 24.2. The van der Waals surface area contributed by atoms with E-state index in [4.69, 9.17) is 9.47 Å². The smallest absolute Gasteiger partial charge is 0.338 e. The first kappa shape index (κ1) is 23.4. The van der Waals surface area contributed by atoms with Crippen LogP contribution in [0.3, 0.4) is 0 Å². The molecule has 0 spiro atoms. The second kappa shape index (κ2) is 10.0. The number of rotatable bonds is 7. The molecule has 0 fully saturated rings. The van der Waals surface area contributed by atoms with Gasteiger partial charge in [-0.25, -0.2) is 14.2 Å². The predicted molar refractivity (Wildman–Crippen MR) is 129 cm³/mol. The molecule has 6 nitrogen and oxygen atoms in total. The molecule has 8 heteroatoms. The number of fused-ring (bicyclic) bond motifs is 1. The van der Waals surface area contributed by atoms with E-state index in [0.717, 1.165) is 5.56 Å². The molecule has 0 amide bonds. The molecular weight excluding hydrogens is 455 g/mol. The first-order chi connectivity index (χ1) is 16.4. The summed E-state index contributed by atoms with van der Waals surface area (Å²) in [4.78, 5) is 31.4. The number of carbonyl (C=O) groups excluding carboxylic acids is 1. The molecule has 0 aliphatic carbocycles. The third-order valence-corrected chi connectivity index (χ3v) is 6.23. The van der Waals surface area contributed by atoms with Crippen LogP contribution in [0.15, 0.2) is 82.2 Å². The van der Waals surface area contributed by atoms with Crippen molar-refractivity contribution in [2.75, 3.05) is 13.2 Å². The molecule has 34 heavy (non-hydrogen) atoms. The molecule has 1 aliphatic heterocycles. The summed E-state index contributed by atoms with van der Waals surface area (Å²) in [6.07, 6.45) is 3.34. The van der Waals surface area contributed by atoms with Gasteiger partial charge in [0, 0.05) is 0 Å². The fourth-order valence-electron chi connectivity index (χ4n) is 3.72. The molecule has 0 saturated carbocycles. The van der Waals surface area contributed by atoms with Crippen molar-refractivity contribution >= 4 is 23.4 Å². The van der Waals surface area contributed by atoms with E-state index in [-0.39, 0.29) is 18.0 Å². The summed E-state index contributed by atoms with van der Waals surface area (Å²) in [5.74, 6) is -0.229. The summed E-state index contributed by atoms with van der Waals surface area (Å²) in [6.45, 7) is 7.67. The lowest BCUT2D eigenvalue weighted by Crippen LogP contribution is -2.39. The van der Waals surface area contributed by atoms with E-state index < -0.39 is 12.0 Å². The zero-order valence-electron chi connectivity index (χ0n) is 18.8. The molecule has 2 aromatic carbocycles.